The third-order valence-corrected chi connectivity index (χ3v) is 4.38. The molecule has 2 amide bonds. The molecule has 2 aromatic carbocycles. The molecule has 6 heteroatoms. The number of nitrogens with zero attached hydrogens (tertiary/aromatic N) is 1. The monoisotopic (exact) mass is 348 g/mol. The van der Waals surface area contributed by atoms with Crippen molar-refractivity contribution in [3.8, 4) is 0 Å². The zero-order chi connectivity index (χ0) is 16.4. The summed E-state index contributed by atoms with van der Waals surface area (Å²) in [7, 11) is 0. The standard InChI is InChI=1S/C17H14Cl2N2O2/c18-12-7-3-8-13(19)15(12)20-16(22)17(23)21-10-4-6-11-5-1-2-9-14(11)21/h1-3,5,7-9H,4,6,10H2,(H,20,22). The lowest BCUT2D eigenvalue weighted by molar-refractivity contribution is -0.134. The molecule has 4 nitrogen and oxygen atoms in total. The smallest absolute Gasteiger partial charge is 0.315 e. The predicted molar refractivity (Wildman–Crippen MR) is 92.2 cm³/mol. The fourth-order valence-corrected chi connectivity index (χ4v) is 3.14. The van der Waals surface area contributed by atoms with Gasteiger partial charge in [0.05, 0.1) is 15.7 Å². The number of anilines is 2. The van der Waals surface area contributed by atoms with E-state index in [2.05, 4.69) is 5.32 Å². The molecule has 0 fully saturated rings. The Balaban J connectivity index is 1.83. The van der Waals surface area contributed by atoms with Crippen molar-refractivity contribution in [3.63, 3.8) is 0 Å². The first-order chi connectivity index (χ1) is 11.1. The Hall–Kier alpha value is -2.04. The number of amides is 2. The summed E-state index contributed by atoms with van der Waals surface area (Å²) in [5.41, 5.74) is 2.10. The summed E-state index contributed by atoms with van der Waals surface area (Å²) in [6.45, 7) is 0.513. The topological polar surface area (TPSA) is 49.4 Å². The zero-order valence-corrected chi connectivity index (χ0v) is 13.7. The van der Waals surface area contributed by atoms with Crippen LogP contribution in [-0.2, 0) is 16.0 Å². The van der Waals surface area contributed by atoms with Gasteiger partial charge in [0.15, 0.2) is 0 Å². The average molecular weight is 349 g/mol. The Morgan fingerprint density at radius 2 is 1.70 bits per heavy atom. The highest BCUT2D eigenvalue weighted by Gasteiger charge is 2.28. The molecule has 3 rings (SSSR count). The van der Waals surface area contributed by atoms with Gasteiger partial charge in [-0.15, -0.1) is 0 Å². The number of carbonyl (C=O) groups is 2. The van der Waals surface area contributed by atoms with Crippen molar-refractivity contribution in [2.24, 2.45) is 0 Å². The molecule has 1 heterocycles. The van der Waals surface area contributed by atoms with Crippen LogP contribution in [0.5, 0.6) is 0 Å². The summed E-state index contributed by atoms with van der Waals surface area (Å²) in [6.07, 6.45) is 1.72. The molecule has 1 aliphatic heterocycles. The second-order valence-corrected chi connectivity index (χ2v) is 6.05. The van der Waals surface area contributed by atoms with Crippen LogP contribution in [0.25, 0.3) is 0 Å². The normalized spacial score (nSPS) is 13.4. The first-order valence-corrected chi connectivity index (χ1v) is 7.98. The second kappa shape index (κ2) is 6.60. The minimum Gasteiger partial charge on any atom is -0.315 e. The van der Waals surface area contributed by atoms with Gasteiger partial charge >= 0.3 is 11.8 Å². The second-order valence-electron chi connectivity index (χ2n) is 5.24. The molecule has 0 aromatic heterocycles. The van der Waals surface area contributed by atoms with Crippen LogP contribution in [0, 0.1) is 0 Å². The SMILES string of the molecule is O=C(Nc1c(Cl)cccc1Cl)C(=O)N1CCCc2ccccc21. The number of para-hydroxylation sites is 2. The van der Waals surface area contributed by atoms with Crippen molar-refractivity contribution in [3.05, 3.63) is 58.1 Å². The number of rotatable bonds is 1. The number of fused-ring (bicyclic) bond motifs is 1. The summed E-state index contributed by atoms with van der Waals surface area (Å²) >= 11 is 12.0. The van der Waals surface area contributed by atoms with Crippen molar-refractivity contribution < 1.29 is 9.59 Å². The van der Waals surface area contributed by atoms with Gasteiger partial charge in [0.1, 0.15) is 0 Å². The minimum atomic E-state index is -0.753. The van der Waals surface area contributed by atoms with Crippen LogP contribution in [0.4, 0.5) is 11.4 Å². The van der Waals surface area contributed by atoms with Crippen LogP contribution in [-0.4, -0.2) is 18.4 Å². The summed E-state index contributed by atoms with van der Waals surface area (Å²) in [6, 6.07) is 12.5. The first-order valence-electron chi connectivity index (χ1n) is 7.22. The maximum Gasteiger partial charge on any atom is 0.316 e. The third-order valence-electron chi connectivity index (χ3n) is 3.75. The molecule has 0 unspecified atom stereocenters. The summed E-state index contributed by atoms with van der Waals surface area (Å²) in [5, 5.41) is 3.09. The van der Waals surface area contributed by atoms with Crippen molar-refractivity contribution in [2.75, 3.05) is 16.8 Å². The van der Waals surface area contributed by atoms with Gasteiger partial charge in [-0.05, 0) is 36.6 Å². The maximum absolute atomic E-state index is 12.5. The van der Waals surface area contributed by atoms with Crippen molar-refractivity contribution in [1.29, 1.82) is 0 Å². The largest absolute Gasteiger partial charge is 0.316 e. The van der Waals surface area contributed by atoms with Gasteiger partial charge in [-0.2, -0.15) is 0 Å². The molecule has 1 N–H and O–H groups in total. The molecular weight excluding hydrogens is 335 g/mol. The van der Waals surface area contributed by atoms with E-state index in [9.17, 15) is 9.59 Å². The van der Waals surface area contributed by atoms with Crippen LogP contribution in [0.3, 0.4) is 0 Å². The van der Waals surface area contributed by atoms with Crippen LogP contribution in [0.2, 0.25) is 10.0 Å². The third kappa shape index (κ3) is 3.19. The quantitative estimate of drug-likeness (QED) is 0.794. The van der Waals surface area contributed by atoms with E-state index in [4.69, 9.17) is 23.2 Å². The molecule has 0 bridgehead atoms. The van der Waals surface area contributed by atoms with E-state index < -0.39 is 11.8 Å². The number of benzene rings is 2. The van der Waals surface area contributed by atoms with E-state index in [1.54, 1.807) is 18.2 Å². The van der Waals surface area contributed by atoms with E-state index in [1.807, 2.05) is 24.3 Å². The molecule has 118 valence electrons. The molecule has 0 saturated carbocycles. The Morgan fingerprint density at radius 3 is 2.43 bits per heavy atom. The fourth-order valence-electron chi connectivity index (χ4n) is 2.65. The lowest BCUT2D eigenvalue weighted by atomic mass is 10.0. The molecular formula is C17H14Cl2N2O2. The molecule has 1 aliphatic rings. The van der Waals surface area contributed by atoms with Crippen LogP contribution < -0.4 is 10.2 Å². The number of hydrogen-bond donors (Lipinski definition) is 1. The zero-order valence-electron chi connectivity index (χ0n) is 12.2. The molecule has 0 saturated heterocycles. The number of nitrogens with one attached hydrogen (secondary N) is 1. The number of carbonyl (C=O) groups excluding carboxylic acids is 2. The van der Waals surface area contributed by atoms with E-state index in [1.165, 1.54) is 4.90 Å². The fraction of sp³-hybridized carbons (Fsp3) is 0.176. The van der Waals surface area contributed by atoms with E-state index >= 15 is 0 Å². The number of hydrogen-bond acceptors (Lipinski definition) is 2. The maximum atomic E-state index is 12.5. The molecule has 23 heavy (non-hydrogen) atoms. The van der Waals surface area contributed by atoms with Gasteiger partial charge in [0, 0.05) is 12.2 Å². The van der Waals surface area contributed by atoms with Crippen molar-refractivity contribution >= 4 is 46.4 Å². The molecule has 0 aliphatic carbocycles. The van der Waals surface area contributed by atoms with Gasteiger partial charge in [0.2, 0.25) is 0 Å². The predicted octanol–water partition coefficient (Wildman–Crippen LogP) is 3.91. The number of halogens is 2. The summed E-state index contributed by atoms with van der Waals surface area (Å²) in [5.74, 6) is -1.37. The molecule has 0 radical (unpaired) electrons. The van der Waals surface area contributed by atoms with Crippen molar-refractivity contribution in [2.45, 2.75) is 12.8 Å². The Morgan fingerprint density at radius 1 is 1.00 bits per heavy atom. The van der Waals surface area contributed by atoms with Crippen molar-refractivity contribution in [1.82, 2.24) is 0 Å². The summed E-state index contributed by atoms with van der Waals surface area (Å²) < 4.78 is 0. The van der Waals surface area contributed by atoms with Gasteiger partial charge in [-0.3, -0.25) is 9.59 Å². The Labute approximate surface area is 144 Å². The highest BCUT2D eigenvalue weighted by Crippen LogP contribution is 2.30. The van der Waals surface area contributed by atoms with E-state index in [0.717, 1.165) is 24.1 Å². The van der Waals surface area contributed by atoms with E-state index in [0.29, 0.717) is 6.54 Å². The van der Waals surface area contributed by atoms with E-state index in [-0.39, 0.29) is 15.7 Å². The van der Waals surface area contributed by atoms with Gasteiger partial charge < -0.3 is 10.2 Å². The Kier molecular flexibility index (Phi) is 4.55. The van der Waals surface area contributed by atoms with Crippen LogP contribution >= 0.6 is 23.2 Å². The van der Waals surface area contributed by atoms with Gasteiger partial charge in [0.25, 0.3) is 0 Å². The van der Waals surface area contributed by atoms with Gasteiger partial charge in [-0.25, -0.2) is 0 Å². The minimum absolute atomic E-state index is 0.250. The lowest BCUT2D eigenvalue weighted by Crippen LogP contribution is -2.42. The molecule has 2 aromatic rings. The van der Waals surface area contributed by atoms with Crippen LogP contribution in [0.1, 0.15) is 12.0 Å². The van der Waals surface area contributed by atoms with Gasteiger partial charge in [-0.1, -0.05) is 47.5 Å². The lowest BCUT2D eigenvalue weighted by Gasteiger charge is -2.28. The Bertz CT molecular complexity index is 757. The molecule has 0 spiro atoms. The average Bonchev–Trinajstić information content (AvgIpc) is 2.57. The summed E-state index contributed by atoms with van der Waals surface area (Å²) in [4.78, 5) is 26.3. The first kappa shape index (κ1) is 15.8. The number of aryl methyl sites for hydroxylation is 1. The highest BCUT2D eigenvalue weighted by atomic mass is 35.5. The molecule has 0 atom stereocenters. The highest BCUT2D eigenvalue weighted by molar-refractivity contribution is 6.47. The van der Waals surface area contributed by atoms with Crippen LogP contribution in [0.15, 0.2) is 42.5 Å².